The smallest absolute Gasteiger partial charge is 0.00773 e. The summed E-state index contributed by atoms with van der Waals surface area (Å²) in [5.74, 6) is 0. The Morgan fingerprint density at radius 3 is 2.44 bits per heavy atom. The minimum Gasteiger partial charge on any atom is -0.314 e. The van der Waals surface area contributed by atoms with Crippen molar-refractivity contribution in [3.63, 3.8) is 0 Å². The van der Waals surface area contributed by atoms with Crippen LogP contribution in [0.5, 0.6) is 0 Å². The maximum atomic E-state index is 3.78. The molecule has 0 atom stereocenters. The molecule has 1 fully saturated rings. The third-order valence-electron chi connectivity index (χ3n) is 3.94. The minimum atomic E-state index is 0.488. The maximum Gasteiger partial charge on any atom is 0.00773 e. The normalized spacial score (nSPS) is 23.1. The summed E-state index contributed by atoms with van der Waals surface area (Å²) in [7, 11) is 0. The average Bonchev–Trinajstić information content (AvgIpc) is 2.65. The lowest BCUT2D eigenvalue weighted by molar-refractivity contribution is 0.0854. The molecule has 2 rings (SSSR count). The summed E-state index contributed by atoms with van der Waals surface area (Å²) in [6, 6.07) is 5.08. The summed E-state index contributed by atoms with van der Waals surface area (Å²) in [6.07, 6.45) is 5.17. The van der Waals surface area contributed by atoms with E-state index in [2.05, 4.69) is 50.5 Å². The Morgan fingerprint density at radius 2 is 1.89 bits per heavy atom. The molecule has 1 heterocycles. The van der Waals surface area contributed by atoms with Gasteiger partial charge in [-0.2, -0.15) is 0 Å². The summed E-state index contributed by atoms with van der Waals surface area (Å²) < 4.78 is 0. The van der Waals surface area contributed by atoms with Crippen LogP contribution in [0.15, 0.2) is 17.5 Å². The molecule has 102 valence electrons. The molecule has 0 unspecified atom stereocenters. The standard InChI is InChI=1S/C16H27NS/c1-15(2)10-13(11-16(3,4)12-15)17-8-7-14-6-5-9-18-14/h5-6,9,13,17H,7-8,10-12H2,1-4H3. The molecule has 0 aliphatic heterocycles. The van der Waals surface area contributed by atoms with E-state index >= 15 is 0 Å². The molecule has 0 radical (unpaired) electrons. The summed E-state index contributed by atoms with van der Waals surface area (Å²) >= 11 is 1.87. The van der Waals surface area contributed by atoms with Crippen molar-refractivity contribution in [2.24, 2.45) is 10.8 Å². The zero-order chi connectivity index (χ0) is 13.2. The molecule has 1 nitrogen and oxygen atoms in total. The topological polar surface area (TPSA) is 12.0 Å². The van der Waals surface area contributed by atoms with Crippen LogP contribution in [0, 0.1) is 10.8 Å². The first-order chi connectivity index (χ1) is 8.36. The second-order valence-electron chi connectivity index (χ2n) is 7.39. The Kier molecular flexibility index (Phi) is 4.18. The average molecular weight is 265 g/mol. The van der Waals surface area contributed by atoms with Crippen molar-refractivity contribution in [2.75, 3.05) is 6.54 Å². The number of thiophene rings is 1. The quantitative estimate of drug-likeness (QED) is 0.846. The van der Waals surface area contributed by atoms with Crippen LogP contribution >= 0.6 is 11.3 Å². The molecular weight excluding hydrogens is 238 g/mol. The number of hydrogen-bond donors (Lipinski definition) is 1. The molecule has 1 aliphatic carbocycles. The lowest BCUT2D eigenvalue weighted by atomic mass is 9.63. The van der Waals surface area contributed by atoms with Crippen LogP contribution in [0.3, 0.4) is 0 Å². The van der Waals surface area contributed by atoms with E-state index in [1.165, 1.54) is 30.6 Å². The molecule has 0 aromatic carbocycles. The van der Waals surface area contributed by atoms with Gasteiger partial charge in [-0.1, -0.05) is 33.8 Å². The van der Waals surface area contributed by atoms with Gasteiger partial charge in [0.2, 0.25) is 0 Å². The van der Waals surface area contributed by atoms with Crippen LogP contribution < -0.4 is 5.32 Å². The zero-order valence-corrected chi connectivity index (χ0v) is 13.1. The third-order valence-corrected chi connectivity index (χ3v) is 4.88. The number of hydrogen-bond acceptors (Lipinski definition) is 2. The van der Waals surface area contributed by atoms with Gasteiger partial charge in [0, 0.05) is 17.5 Å². The van der Waals surface area contributed by atoms with Crippen LogP contribution in [-0.4, -0.2) is 12.6 Å². The van der Waals surface area contributed by atoms with E-state index in [0.717, 1.165) is 6.54 Å². The Labute approximate surface area is 116 Å². The van der Waals surface area contributed by atoms with Gasteiger partial charge >= 0.3 is 0 Å². The van der Waals surface area contributed by atoms with E-state index in [9.17, 15) is 0 Å². The predicted molar refractivity (Wildman–Crippen MR) is 81.2 cm³/mol. The lowest BCUT2D eigenvalue weighted by Crippen LogP contribution is -2.44. The Bertz CT molecular complexity index is 348. The van der Waals surface area contributed by atoms with Crippen LogP contribution in [0.25, 0.3) is 0 Å². The van der Waals surface area contributed by atoms with E-state index < -0.39 is 0 Å². The van der Waals surface area contributed by atoms with Gasteiger partial charge in [0.25, 0.3) is 0 Å². The fourth-order valence-corrected chi connectivity index (χ4v) is 4.55. The summed E-state index contributed by atoms with van der Waals surface area (Å²) in [5.41, 5.74) is 0.977. The van der Waals surface area contributed by atoms with Crippen molar-refractivity contribution >= 4 is 11.3 Å². The van der Waals surface area contributed by atoms with Gasteiger partial charge < -0.3 is 5.32 Å². The highest BCUT2D eigenvalue weighted by molar-refractivity contribution is 7.09. The van der Waals surface area contributed by atoms with E-state index in [-0.39, 0.29) is 0 Å². The van der Waals surface area contributed by atoms with Crippen molar-refractivity contribution in [3.05, 3.63) is 22.4 Å². The van der Waals surface area contributed by atoms with E-state index in [0.29, 0.717) is 16.9 Å². The maximum absolute atomic E-state index is 3.78. The largest absolute Gasteiger partial charge is 0.314 e. The van der Waals surface area contributed by atoms with E-state index in [1.54, 1.807) is 0 Å². The Balaban J connectivity index is 1.82. The SMILES string of the molecule is CC1(C)CC(NCCc2cccs2)CC(C)(C)C1. The van der Waals surface area contributed by atoms with Crippen LogP contribution in [0.4, 0.5) is 0 Å². The Morgan fingerprint density at radius 1 is 1.22 bits per heavy atom. The van der Waals surface area contributed by atoms with Crippen LogP contribution in [-0.2, 0) is 6.42 Å². The molecule has 1 aliphatic rings. The monoisotopic (exact) mass is 265 g/mol. The molecule has 18 heavy (non-hydrogen) atoms. The summed E-state index contributed by atoms with van der Waals surface area (Å²) in [6.45, 7) is 10.8. The summed E-state index contributed by atoms with van der Waals surface area (Å²) in [5, 5.41) is 5.95. The predicted octanol–water partition coefficient (Wildman–Crippen LogP) is 4.49. The summed E-state index contributed by atoms with van der Waals surface area (Å²) in [4.78, 5) is 1.50. The highest BCUT2D eigenvalue weighted by atomic mass is 32.1. The van der Waals surface area contributed by atoms with E-state index in [1.807, 2.05) is 11.3 Å². The van der Waals surface area contributed by atoms with Gasteiger partial charge in [-0.3, -0.25) is 0 Å². The third kappa shape index (κ3) is 4.10. The van der Waals surface area contributed by atoms with Crippen molar-refractivity contribution in [1.29, 1.82) is 0 Å². The first-order valence-corrected chi connectivity index (χ1v) is 8.00. The number of nitrogens with one attached hydrogen (secondary N) is 1. The van der Waals surface area contributed by atoms with Crippen LogP contribution in [0.1, 0.15) is 51.8 Å². The molecule has 0 saturated heterocycles. The first-order valence-electron chi connectivity index (χ1n) is 7.12. The van der Waals surface area contributed by atoms with Gasteiger partial charge in [0.15, 0.2) is 0 Å². The minimum absolute atomic E-state index is 0.488. The van der Waals surface area contributed by atoms with Gasteiger partial charge in [-0.05, 0) is 48.0 Å². The zero-order valence-electron chi connectivity index (χ0n) is 12.3. The molecular formula is C16H27NS. The van der Waals surface area contributed by atoms with Crippen molar-refractivity contribution in [1.82, 2.24) is 5.32 Å². The second kappa shape index (κ2) is 5.34. The Hall–Kier alpha value is -0.340. The van der Waals surface area contributed by atoms with Gasteiger partial charge in [-0.25, -0.2) is 0 Å². The lowest BCUT2D eigenvalue weighted by Gasteiger charge is -2.45. The molecule has 1 aromatic rings. The molecule has 1 N–H and O–H groups in total. The molecule has 1 aromatic heterocycles. The van der Waals surface area contributed by atoms with Crippen molar-refractivity contribution in [3.8, 4) is 0 Å². The fraction of sp³-hybridized carbons (Fsp3) is 0.750. The molecule has 1 saturated carbocycles. The molecule has 0 bridgehead atoms. The van der Waals surface area contributed by atoms with E-state index in [4.69, 9.17) is 0 Å². The molecule has 2 heteroatoms. The highest BCUT2D eigenvalue weighted by Crippen LogP contribution is 2.45. The van der Waals surface area contributed by atoms with Crippen LogP contribution in [0.2, 0.25) is 0 Å². The van der Waals surface area contributed by atoms with Gasteiger partial charge in [0.05, 0.1) is 0 Å². The fourth-order valence-electron chi connectivity index (χ4n) is 3.84. The molecule has 0 amide bonds. The second-order valence-corrected chi connectivity index (χ2v) is 8.43. The van der Waals surface area contributed by atoms with Crippen molar-refractivity contribution < 1.29 is 0 Å². The van der Waals surface area contributed by atoms with Crippen molar-refractivity contribution in [2.45, 2.75) is 59.4 Å². The first kappa shape index (κ1) is 14.1. The number of rotatable bonds is 4. The molecule has 0 spiro atoms. The van der Waals surface area contributed by atoms with Gasteiger partial charge in [0.1, 0.15) is 0 Å². The van der Waals surface area contributed by atoms with Gasteiger partial charge in [-0.15, -0.1) is 11.3 Å². The highest BCUT2D eigenvalue weighted by Gasteiger charge is 2.37.